The number of amides is 1. The van der Waals surface area contributed by atoms with Gasteiger partial charge in [0.05, 0.1) is 52.5 Å². The smallest absolute Gasteiger partial charge is 0.227 e. The number of benzene rings is 1. The molecule has 5 aromatic heterocycles. The van der Waals surface area contributed by atoms with Crippen LogP contribution in [-0.2, 0) is 21.4 Å². The van der Waals surface area contributed by atoms with Gasteiger partial charge in [0, 0.05) is 36.0 Å². The predicted molar refractivity (Wildman–Crippen MR) is 172 cm³/mol. The lowest BCUT2D eigenvalue weighted by Crippen LogP contribution is -2.24. The molecule has 1 fully saturated rings. The molecule has 0 bridgehead atoms. The Kier molecular flexibility index (Phi) is 7.93. The van der Waals surface area contributed by atoms with Gasteiger partial charge in [-0.25, -0.2) is 26.9 Å². The Morgan fingerprint density at radius 2 is 1.74 bits per heavy atom. The van der Waals surface area contributed by atoms with Crippen LogP contribution in [0.2, 0.25) is 0 Å². The van der Waals surface area contributed by atoms with Crippen molar-refractivity contribution < 1.29 is 22.0 Å². The van der Waals surface area contributed by atoms with Gasteiger partial charge in [-0.3, -0.25) is 24.8 Å². The van der Waals surface area contributed by atoms with E-state index in [-0.39, 0.29) is 41.0 Å². The molecule has 1 aliphatic carbocycles. The summed E-state index contributed by atoms with van der Waals surface area (Å²) < 4.78 is 56.4. The number of rotatable bonds is 8. The number of nitrogens with zero attached hydrogens (tertiary/aromatic N) is 5. The molecule has 0 spiro atoms. The Labute approximate surface area is 267 Å². The van der Waals surface area contributed by atoms with Gasteiger partial charge in [-0.15, -0.1) is 0 Å². The fraction of sp³-hybridized carbons (Fsp3) is 0.250. The van der Waals surface area contributed by atoms with Gasteiger partial charge in [-0.05, 0) is 48.2 Å². The Morgan fingerprint density at radius 3 is 2.55 bits per heavy atom. The fourth-order valence-electron chi connectivity index (χ4n) is 5.97. The summed E-state index contributed by atoms with van der Waals surface area (Å²) >= 11 is 0. The van der Waals surface area contributed by atoms with Crippen LogP contribution in [0.5, 0.6) is 0 Å². The number of halogens is 2. The van der Waals surface area contributed by atoms with Crippen molar-refractivity contribution in [1.82, 2.24) is 39.8 Å². The monoisotopic (exact) mass is 657 g/mol. The van der Waals surface area contributed by atoms with Gasteiger partial charge in [-0.2, -0.15) is 5.10 Å². The van der Waals surface area contributed by atoms with Crippen molar-refractivity contribution in [3.05, 3.63) is 72.4 Å². The number of H-pyrrole nitrogens is 2. The summed E-state index contributed by atoms with van der Waals surface area (Å²) in [5.74, 6) is -1.10. The van der Waals surface area contributed by atoms with E-state index in [9.17, 15) is 17.6 Å². The van der Waals surface area contributed by atoms with Crippen molar-refractivity contribution in [2.75, 3.05) is 11.6 Å². The molecule has 240 valence electrons. The minimum atomic E-state index is -3.49. The quantitative estimate of drug-likeness (QED) is 0.167. The van der Waals surface area contributed by atoms with Crippen molar-refractivity contribution in [1.29, 1.82) is 0 Å². The molecular weight excluding hydrogens is 628 g/mol. The van der Waals surface area contributed by atoms with E-state index in [4.69, 9.17) is 4.98 Å². The third-order valence-corrected chi connectivity index (χ3v) is 8.89. The summed E-state index contributed by atoms with van der Waals surface area (Å²) in [6, 6.07) is 5.83. The molecule has 1 aliphatic rings. The summed E-state index contributed by atoms with van der Waals surface area (Å²) in [7, 11) is -3.49. The van der Waals surface area contributed by atoms with Crippen LogP contribution in [0.15, 0.2) is 55.2 Å². The van der Waals surface area contributed by atoms with Crippen LogP contribution < -0.4 is 10.0 Å². The van der Waals surface area contributed by atoms with E-state index in [0.717, 1.165) is 38.4 Å². The van der Waals surface area contributed by atoms with Crippen molar-refractivity contribution in [3.63, 3.8) is 0 Å². The minimum Gasteiger partial charge on any atom is -0.335 e. The lowest BCUT2D eigenvalue weighted by atomic mass is 9.88. The zero-order chi connectivity index (χ0) is 32.7. The van der Waals surface area contributed by atoms with E-state index in [0.29, 0.717) is 44.5 Å². The van der Waals surface area contributed by atoms with E-state index < -0.39 is 21.7 Å². The highest BCUT2D eigenvalue weighted by Crippen LogP contribution is 2.35. The number of carbonyl (C=O) groups is 1. The lowest BCUT2D eigenvalue weighted by molar-refractivity contribution is -0.120. The standard InChI is InChI=1S/C32H29F2N9O3S/c1-47(45,46)38-11-17-7-19(9-21(33)8-17)23-14-36-15-25-29(23)41-31(40-25)30-26-24(42-43-30)16-37-28(27(26)34)20-10-22(13-35-12-20)39-32(44)18-5-3-2-4-6-18/h7-10,12-16,18,38H,2-6,11H2,1H3,(H,39,44)(H,40,41)(H,42,43). The predicted octanol–water partition coefficient (Wildman–Crippen LogP) is 5.47. The second kappa shape index (κ2) is 12.2. The number of imidazole rings is 1. The third-order valence-electron chi connectivity index (χ3n) is 8.23. The van der Waals surface area contributed by atoms with Crippen LogP contribution in [0.4, 0.5) is 14.5 Å². The molecular formula is C32H29F2N9O3S. The van der Waals surface area contributed by atoms with E-state index in [2.05, 4.69) is 40.2 Å². The van der Waals surface area contributed by atoms with E-state index >= 15 is 4.39 Å². The number of fused-ring (bicyclic) bond motifs is 2. The summed E-state index contributed by atoms with van der Waals surface area (Å²) in [6.07, 6.45) is 13.4. The molecule has 0 aliphatic heterocycles. The first-order chi connectivity index (χ1) is 22.6. The van der Waals surface area contributed by atoms with Gasteiger partial charge in [0.25, 0.3) is 0 Å². The van der Waals surface area contributed by atoms with Crippen LogP contribution in [0.25, 0.3) is 55.8 Å². The minimum absolute atomic E-state index is 0.0230. The van der Waals surface area contributed by atoms with Crippen molar-refractivity contribution in [2.45, 2.75) is 38.6 Å². The van der Waals surface area contributed by atoms with Gasteiger partial charge in [-0.1, -0.05) is 19.3 Å². The number of aromatic nitrogens is 7. The first-order valence-electron chi connectivity index (χ1n) is 15.0. The number of hydrogen-bond donors (Lipinski definition) is 4. The zero-order valence-corrected chi connectivity index (χ0v) is 26.0. The molecule has 0 atom stereocenters. The fourth-order valence-corrected chi connectivity index (χ4v) is 6.40. The van der Waals surface area contributed by atoms with Crippen LogP contribution in [-0.4, -0.2) is 55.7 Å². The summed E-state index contributed by atoms with van der Waals surface area (Å²) in [6.45, 7) is -0.0982. The van der Waals surface area contributed by atoms with E-state index in [1.54, 1.807) is 12.1 Å². The first kappa shape index (κ1) is 30.5. The molecule has 1 saturated carbocycles. The maximum atomic E-state index is 16.3. The molecule has 0 unspecified atom stereocenters. The maximum Gasteiger partial charge on any atom is 0.227 e. The van der Waals surface area contributed by atoms with Gasteiger partial charge in [0.1, 0.15) is 17.2 Å². The van der Waals surface area contributed by atoms with Gasteiger partial charge < -0.3 is 10.3 Å². The molecule has 15 heteroatoms. The van der Waals surface area contributed by atoms with Crippen molar-refractivity contribution in [3.8, 4) is 33.9 Å². The third kappa shape index (κ3) is 6.31. The molecule has 47 heavy (non-hydrogen) atoms. The number of pyridine rings is 3. The second-order valence-corrected chi connectivity index (χ2v) is 13.5. The van der Waals surface area contributed by atoms with E-state index in [1.807, 2.05) is 0 Å². The number of carbonyl (C=O) groups excluding carboxylic acids is 1. The normalized spacial score (nSPS) is 14.2. The molecule has 0 saturated heterocycles. The topological polar surface area (TPSA) is 171 Å². The Bertz CT molecular complexity index is 2260. The Balaban J connectivity index is 1.24. The average molecular weight is 658 g/mol. The lowest BCUT2D eigenvalue weighted by Gasteiger charge is -2.20. The average Bonchev–Trinajstić information content (AvgIpc) is 3.69. The zero-order valence-electron chi connectivity index (χ0n) is 25.1. The largest absolute Gasteiger partial charge is 0.335 e. The molecule has 6 aromatic rings. The summed E-state index contributed by atoms with van der Waals surface area (Å²) in [5.41, 5.74) is 3.62. The van der Waals surface area contributed by atoms with Crippen LogP contribution in [0.1, 0.15) is 37.7 Å². The van der Waals surface area contributed by atoms with Crippen LogP contribution >= 0.6 is 0 Å². The second-order valence-electron chi connectivity index (χ2n) is 11.7. The van der Waals surface area contributed by atoms with Crippen molar-refractivity contribution in [2.24, 2.45) is 5.92 Å². The number of nitrogens with one attached hydrogen (secondary N) is 4. The number of hydrogen-bond acceptors (Lipinski definition) is 8. The Hall–Kier alpha value is -5.15. The number of sulfonamides is 1. The molecule has 12 nitrogen and oxygen atoms in total. The SMILES string of the molecule is CS(=O)(=O)NCc1cc(F)cc(-c2cncc3[nH]c(-c4n[nH]c5cnc(-c6cncc(NC(=O)C7CCCCC7)c6)c(F)c45)nc23)c1. The molecule has 4 N–H and O–H groups in total. The van der Waals surface area contributed by atoms with E-state index in [1.165, 1.54) is 43.1 Å². The highest BCUT2D eigenvalue weighted by molar-refractivity contribution is 7.88. The molecule has 7 rings (SSSR count). The molecule has 1 aromatic carbocycles. The first-order valence-corrected chi connectivity index (χ1v) is 16.9. The van der Waals surface area contributed by atoms with Gasteiger partial charge in [0.2, 0.25) is 15.9 Å². The van der Waals surface area contributed by atoms with Crippen LogP contribution in [0, 0.1) is 17.6 Å². The van der Waals surface area contributed by atoms with Gasteiger partial charge >= 0.3 is 0 Å². The summed E-state index contributed by atoms with van der Waals surface area (Å²) in [4.78, 5) is 33.5. The maximum absolute atomic E-state index is 16.3. The molecule has 0 radical (unpaired) electrons. The number of anilines is 1. The highest BCUT2D eigenvalue weighted by atomic mass is 32.2. The van der Waals surface area contributed by atoms with Crippen LogP contribution in [0.3, 0.4) is 0 Å². The number of aromatic amines is 2. The summed E-state index contributed by atoms with van der Waals surface area (Å²) in [5, 5.41) is 10.2. The molecule has 5 heterocycles. The highest BCUT2D eigenvalue weighted by Gasteiger charge is 2.24. The van der Waals surface area contributed by atoms with Crippen molar-refractivity contribution >= 4 is 43.6 Å². The van der Waals surface area contributed by atoms with Gasteiger partial charge in [0.15, 0.2) is 11.6 Å². The Morgan fingerprint density at radius 1 is 0.936 bits per heavy atom. The molecule has 1 amide bonds.